The third-order valence-electron chi connectivity index (χ3n) is 2.76. The molecule has 2 aromatic heterocycles. The van der Waals surface area contributed by atoms with Crippen molar-refractivity contribution in [3.8, 4) is 0 Å². The monoisotopic (exact) mass is 248 g/mol. The number of carbonyl (C=O) groups excluding carboxylic acids is 1. The lowest BCUT2D eigenvalue weighted by Crippen LogP contribution is -2.13. The second-order valence-electron chi connectivity index (χ2n) is 4.02. The first-order valence-corrected chi connectivity index (χ1v) is 5.70. The fourth-order valence-corrected chi connectivity index (χ4v) is 1.87. The van der Waals surface area contributed by atoms with Crippen molar-refractivity contribution >= 4 is 11.9 Å². The molecule has 1 amide bonds. The summed E-state index contributed by atoms with van der Waals surface area (Å²) in [6.45, 7) is 0.947. The predicted octanol–water partition coefficient (Wildman–Crippen LogP) is 0.469. The largest absolute Gasteiger partial charge is 0.406 e. The van der Waals surface area contributed by atoms with Gasteiger partial charge >= 0.3 is 6.01 Å². The highest BCUT2D eigenvalue weighted by atomic mass is 16.4. The Kier molecular flexibility index (Phi) is 2.77. The summed E-state index contributed by atoms with van der Waals surface area (Å²) in [6.07, 6.45) is 3.55. The molecular formula is C10H12N6O2. The molecule has 2 aromatic rings. The van der Waals surface area contributed by atoms with E-state index >= 15 is 0 Å². The molecular weight excluding hydrogens is 236 g/mol. The molecule has 1 atom stereocenters. The van der Waals surface area contributed by atoms with Crippen LogP contribution in [0.1, 0.15) is 35.3 Å². The second-order valence-corrected chi connectivity index (χ2v) is 4.02. The van der Waals surface area contributed by atoms with Crippen molar-refractivity contribution in [1.82, 2.24) is 25.7 Å². The lowest BCUT2D eigenvalue weighted by Gasteiger charge is -2.02. The van der Waals surface area contributed by atoms with Gasteiger partial charge in [0, 0.05) is 6.20 Å². The van der Waals surface area contributed by atoms with E-state index in [1.807, 2.05) is 0 Å². The van der Waals surface area contributed by atoms with Gasteiger partial charge in [-0.2, -0.15) is 5.10 Å². The lowest BCUT2D eigenvalue weighted by atomic mass is 10.2. The topological polar surface area (TPSA) is 109 Å². The summed E-state index contributed by atoms with van der Waals surface area (Å²) in [5, 5.41) is 19.7. The van der Waals surface area contributed by atoms with Gasteiger partial charge in [-0.1, -0.05) is 5.10 Å². The molecule has 94 valence electrons. The lowest BCUT2D eigenvalue weighted by molar-refractivity contribution is 0.101. The molecule has 0 aromatic carbocycles. The highest BCUT2D eigenvalue weighted by Gasteiger charge is 2.22. The summed E-state index contributed by atoms with van der Waals surface area (Å²) in [5.74, 6) is 0.148. The zero-order valence-electron chi connectivity index (χ0n) is 9.51. The fraction of sp³-hybridized carbons (Fsp3) is 0.400. The van der Waals surface area contributed by atoms with Crippen molar-refractivity contribution < 1.29 is 9.21 Å². The summed E-state index contributed by atoms with van der Waals surface area (Å²) < 4.78 is 5.39. The molecule has 8 heteroatoms. The maximum Gasteiger partial charge on any atom is 0.322 e. The minimum Gasteiger partial charge on any atom is -0.406 e. The first kappa shape index (κ1) is 10.9. The maximum atomic E-state index is 11.7. The highest BCUT2D eigenvalue weighted by molar-refractivity contribution is 6.01. The number of carbonyl (C=O) groups is 1. The molecule has 1 fully saturated rings. The molecule has 0 aliphatic carbocycles. The first-order valence-electron chi connectivity index (χ1n) is 5.70. The summed E-state index contributed by atoms with van der Waals surface area (Å²) in [7, 11) is 0. The van der Waals surface area contributed by atoms with Gasteiger partial charge in [0.15, 0.2) is 0 Å². The van der Waals surface area contributed by atoms with Gasteiger partial charge in [0.1, 0.15) is 5.69 Å². The molecule has 3 heterocycles. The molecule has 0 radical (unpaired) electrons. The van der Waals surface area contributed by atoms with Crippen LogP contribution in [0.4, 0.5) is 6.01 Å². The SMILES string of the molecule is O=C(Nc1nnc(C2CCCN2)o1)c1ccn[nH]1. The van der Waals surface area contributed by atoms with Crippen LogP contribution in [0.25, 0.3) is 0 Å². The van der Waals surface area contributed by atoms with Crippen LogP contribution in [0, 0.1) is 0 Å². The van der Waals surface area contributed by atoms with E-state index in [0.717, 1.165) is 19.4 Å². The fourth-order valence-electron chi connectivity index (χ4n) is 1.87. The van der Waals surface area contributed by atoms with Crippen molar-refractivity contribution in [2.24, 2.45) is 0 Å². The van der Waals surface area contributed by atoms with E-state index in [-0.39, 0.29) is 18.0 Å². The Labute approximate surface area is 102 Å². The van der Waals surface area contributed by atoms with Crippen molar-refractivity contribution in [3.05, 3.63) is 23.8 Å². The molecule has 3 N–H and O–H groups in total. The number of rotatable bonds is 3. The normalized spacial score (nSPS) is 19.0. The number of nitrogens with zero attached hydrogens (tertiary/aromatic N) is 3. The van der Waals surface area contributed by atoms with Crippen molar-refractivity contribution in [2.45, 2.75) is 18.9 Å². The number of aromatic amines is 1. The third-order valence-corrected chi connectivity index (χ3v) is 2.76. The summed E-state index contributed by atoms with van der Waals surface area (Å²) in [5.41, 5.74) is 0.341. The van der Waals surface area contributed by atoms with Gasteiger partial charge < -0.3 is 9.73 Å². The summed E-state index contributed by atoms with van der Waals surface area (Å²) in [6, 6.07) is 1.75. The number of hydrogen-bond acceptors (Lipinski definition) is 6. The third kappa shape index (κ3) is 2.09. The van der Waals surface area contributed by atoms with Crippen molar-refractivity contribution in [1.29, 1.82) is 0 Å². The van der Waals surface area contributed by atoms with E-state index in [2.05, 4.69) is 31.0 Å². The van der Waals surface area contributed by atoms with Gasteiger partial charge in [-0.25, -0.2) is 0 Å². The van der Waals surface area contributed by atoms with Gasteiger partial charge in [0.2, 0.25) is 5.89 Å². The van der Waals surface area contributed by atoms with Gasteiger partial charge in [-0.15, -0.1) is 5.10 Å². The Morgan fingerprint density at radius 3 is 3.17 bits per heavy atom. The molecule has 18 heavy (non-hydrogen) atoms. The number of hydrogen-bond donors (Lipinski definition) is 3. The van der Waals surface area contributed by atoms with Crippen LogP contribution in [0.2, 0.25) is 0 Å². The number of nitrogens with one attached hydrogen (secondary N) is 3. The van der Waals surface area contributed by atoms with E-state index in [1.54, 1.807) is 6.07 Å². The molecule has 1 saturated heterocycles. The first-order chi connectivity index (χ1) is 8.83. The summed E-state index contributed by atoms with van der Waals surface area (Å²) >= 11 is 0. The summed E-state index contributed by atoms with van der Waals surface area (Å²) in [4.78, 5) is 11.7. The standard InChI is InChI=1S/C10H12N6O2/c17-8(6-3-5-12-14-6)13-10-16-15-9(18-10)7-2-1-4-11-7/h3,5,7,11H,1-2,4H2,(H,12,14)(H,13,16,17). The van der Waals surface area contributed by atoms with Crippen LogP contribution in [-0.2, 0) is 0 Å². The Morgan fingerprint density at radius 1 is 1.50 bits per heavy atom. The van der Waals surface area contributed by atoms with Gasteiger partial charge in [0.25, 0.3) is 5.91 Å². The van der Waals surface area contributed by atoms with Crippen LogP contribution in [0.15, 0.2) is 16.7 Å². The average Bonchev–Trinajstić information content (AvgIpc) is 3.12. The second kappa shape index (κ2) is 4.57. The van der Waals surface area contributed by atoms with E-state index in [4.69, 9.17) is 4.42 Å². The van der Waals surface area contributed by atoms with Gasteiger partial charge in [-0.05, 0) is 25.5 Å². The van der Waals surface area contributed by atoms with E-state index in [0.29, 0.717) is 11.6 Å². The van der Waals surface area contributed by atoms with Crippen LogP contribution in [-0.4, -0.2) is 32.8 Å². The number of H-pyrrole nitrogens is 1. The molecule has 0 saturated carbocycles. The number of amides is 1. The zero-order valence-corrected chi connectivity index (χ0v) is 9.51. The molecule has 3 rings (SSSR count). The van der Waals surface area contributed by atoms with E-state index < -0.39 is 0 Å². The molecule has 1 aliphatic heterocycles. The van der Waals surface area contributed by atoms with Crippen LogP contribution in [0.3, 0.4) is 0 Å². The van der Waals surface area contributed by atoms with Crippen LogP contribution in [0.5, 0.6) is 0 Å². The van der Waals surface area contributed by atoms with Crippen molar-refractivity contribution in [3.63, 3.8) is 0 Å². The number of anilines is 1. The minimum atomic E-state index is -0.359. The molecule has 8 nitrogen and oxygen atoms in total. The van der Waals surface area contributed by atoms with Crippen LogP contribution >= 0.6 is 0 Å². The van der Waals surface area contributed by atoms with Gasteiger partial charge in [0.05, 0.1) is 6.04 Å². The minimum absolute atomic E-state index is 0.0929. The Morgan fingerprint density at radius 2 is 2.44 bits per heavy atom. The molecule has 1 unspecified atom stereocenters. The maximum absolute atomic E-state index is 11.7. The smallest absolute Gasteiger partial charge is 0.322 e. The Balaban J connectivity index is 1.68. The highest BCUT2D eigenvalue weighted by Crippen LogP contribution is 2.22. The predicted molar refractivity (Wildman–Crippen MR) is 60.8 cm³/mol. The average molecular weight is 248 g/mol. The zero-order chi connectivity index (χ0) is 12.4. The molecule has 0 spiro atoms. The van der Waals surface area contributed by atoms with Crippen LogP contribution < -0.4 is 10.6 Å². The quantitative estimate of drug-likeness (QED) is 0.728. The van der Waals surface area contributed by atoms with Gasteiger partial charge in [-0.3, -0.25) is 15.2 Å². The van der Waals surface area contributed by atoms with E-state index in [1.165, 1.54) is 6.20 Å². The molecule has 1 aliphatic rings. The molecule has 0 bridgehead atoms. The Hall–Kier alpha value is -2.22. The Bertz CT molecular complexity index is 528. The van der Waals surface area contributed by atoms with Crippen molar-refractivity contribution in [2.75, 3.05) is 11.9 Å². The number of aromatic nitrogens is 4. The van der Waals surface area contributed by atoms with E-state index in [9.17, 15) is 4.79 Å².